The third kappa shape index (κ3) is 4.03. The van der Waals surface area contributed by atoms with Crippen LogP contribution in [0, 0.1) is 5.41 Å². The normalized spacial score (nSPS) is 24.9. The van der Waals surface area contributed by atoms with Gasteiger partial charge in [-0.15, -0.1) is 0 Å². The smallest absolute Gasteiger partial charge is 0.320 e. The molecule has 8 rings (SSSR count). The molecule has 5 atom stereocenters. The summed E-state index contributed by atoms with van der Waals surface area (Å²) >= 11 is 0. The Labute approximate surface area is 266 Å². The van der Waals surface area contributed by atoms with Gasteiger partial charge in [-0.2, -0.15) is 0 Å². The molecule has 0 spiro atoms. The second-order valence-electron chi connectivity index (χ2n) is 11.9. The quantitative estimate of drug-likeness (QED) is 0.161. The highest BCUT2D eigenvalue weighted by atomic mass is 16.7. The molecule has 8 nitrogen and oxygen atoms in total. The Balaban J connectivity index is 1.37. The van der Waals surface area contributed by atoms with Crippen LogP contribution in [0.15, 0.2) is 121 Å². The number of carbonyl (C=O) groups excluding carboxylic acids is 2. The lowest BCUT2D eigenvalue weighted by Crippen LogP contribution is -2.69. The van der Waals surface area contributed by atoms with Crippen LogP contribution in [0.25, 0.3) is 10.8 Å². The SMILES string of the molecule is COC(=O)[C@@]12COc3ccc4ccccc4c3[C@@H]1N(c1ccccc1)O[C@H]2[C@H]1[C@H](c2ccccc2)C(=O)N1c1ccc(OC)cc1. The van der Waals surface area contributed by atoms with Crippen molar-refractivity contribution in [2.45, 2.75) is 24.1 Å². The molecule has 2 fully saturated rings. The summed E-state index contributed by atoms with van der Waals surface area (Å²) in [6, 6.07) is 37.7. The van der Waals surface area contributed by atoms with Gasteiger partial charge >= 0.3 is 5.97 Å². The number of benzene rings is 5. The van der Waals surface area contributed by atoms with Crippen LogP contribution in [0.2, 0.25) is 0 Å². The van der Waals surface area contributed by atoms with E-state index < -0.39 is 35.5 Å². The molecule has 0 unspecified atom stereocenters. The first-order valence-corrected chi connectivity index (χ1v) is 15.3. The highest BCUT2D eigenvalue weighted by Crippen LogP contribution is 2.61. The molecule has 0 saturated carbocycles. The Bertz CT molecular complexity index is 1930. The number of rotatable bonds is 6. The second-order valence-corrected chi connectivity index (χ2v) is 11.9. The Morgan fingerprint density at radius 3 is 2.22 bits per heavy atom. The van der Waals surface area contributed by atoms with Crippen LogP contribution in [0.3, 0.4) is 0 Å². The van der Waals surface area contributed by atoms with E-state index in [1.54, 1.807) is 12.0 Å². The first kappa shape index (κ1) is 28.2. The molecule has 5 aromatic carbocycles. The molecule has 46 heavy (non-hydrogen) atoms. The van der Waals surface area contributed by atoms with Gasteiger partial charge in [0.1, 0.15) is 30.3 Å². The number of hydrogen-bond donors (Lipinski definition) is 0. The van der Waals surface area contributed by atoms with Crippen molar-refractivity contribution in [3.8, 4) is 11.5 Å². The first-order valence-electron chi connectivity index (χ1n) is 15.3. The highest BCUT2D eigenvalue weighted by Gasteiger charge is 2.71. The van der Waals surface area contributed by atoms with Gasteiger partial charge in [-0.1, -0.05) is 78.9 Å². The number of para-hydroxylation sites is 1. The third-order valence-corrected chi connectivity index (χ3v) is 9.67. The molecule has 0 radical (unpaired) electrons. The van der Waals surface area contributed by atoms with E-state index >= 15 is 0 Å². The number of carbonyl (C=O) groups is 2. The maximum Gasteiger partial charge on any atom is 0.320 e. The summed E-state index contributed by atoms with van der Waals surface area (Å²) < 4.78 is 17.6. The minimum atomic E-state index is -1.34. The zero-order valence-electron chi connectivity index (χ0n) is 25.4. The van der Waals surface area contributed by atoms with E-state index in [9.17, 15) is 9.59 Å². The molecular weight excluding hydrogens is 580 g/mol. The van der Waals surface area contributed by atoms with Crippen LogP contribution in [-0.4, -0.2) is 44.8 Å². The molecule has 0 bridgehead atoms. The van der Waals surface area contributed by atoms with Crippen LogP contribution in [0.1, 0.15) is 23.1 Å². The summed E-state index contributed by atoms with van der Waals surface area (Å²) in [5.41, 5.74) is 1.82. The number of ether oxygens (including phenoxy) is 3. The number of esters is 1. The van der Waals surface area contributed by atoms with Crippen LogP contribution in [0.4, 0.5) is 11.4 Å². The molecule has 0 aliphatic carbocycles. The van der Waals surface area contributed by atoms with Gasteiger partial charge < -0.3 is 19.1 Å². The number of hydroxylamine groups is 1. The minimum absolute atomic E-state index is 0.00628. The van der Waals surface area contributed by atoms with E-state index in [0.717, 1.165) is 27.6 Å². The number of β-lactam (4-membered cyclic amide) rings is 1. The number of anilines is 2. The van der Waals surface area contributed by atoms with Crippen LogP contribution >= 0.6 is 0 Å². The fourth-order valence-electron chi connectivity index (χ4n) is 7.55. The fraction of sp³-hybridized carbons (Fsp3) is 0.211. The summed E-state index contributed by atoms with van der Waals surface area (Å²) in [6.45, 7) is 0.00628. The summed E-state index contributed by atoms with van der Waals surface area (Å²) in [7, 11) is 3.00. The molecule has 8 heteroatoms. The van der Waals surface area contributed by atoms with Crippen molar-refractivity contribution >= 4 is 34.0 Å². The maximum atomic E-state index is 14.5. The van der Waals surface area contributed by atoms with Crippen LogP contribution in [-0.2, 0) is 19.2 Å². The molecule has 0 N–H and O–H groups in total. The Morgan fingerprint density at radius 2 is 1.50 bits per heavy atom. The Morgan fingerprint density at radius 1 is 0.804 bits per heavy atom. The molecular formula is C38H32N2O6. The molecule has 2 saturated heterocycles. The van der Waals surface area contributed by atoms with Crippen molar-refractivity contribution < 1.29 is 28.6 Å². The summed E-state index contributed by atoms with van der Waals surface area (Å²) in [6.07, 6.45) is -0.845. The predicted octanol–water partition coefficient (Wildman–Crippen LogP) is 6.46. The number of hydrogen-bond acceptors (Lipinski definition) is 7. The van der Waals surface area contributed by atoms with Crippen LogP contribution in [0.5, 0.6) is 11.5 Å². The summed E-state index contributed by atoms with van der Waals surface area (Å²) in [4.78, 5) is 37.5. The largest absolute Gasteiger partial charge is 0.497 e. The third-order valence-electron chi connectivity index (χ3n) is 9.67. The molecule has 230 valence electrons. The summed E-state index contributed by atoms with van der Waals surface area (Å²) in [5, 5.41) is 3.81. The maximum absolute atomic E-state index is 14.5. The van der Waals surface area contributed by atoms with Gasteiger partial charge in [0, 0.05) is 11.3 Å². The van der Waals surface area contributed by atoms with Gasteiger partial charge in [-0.3, -0.25) is 14.4 Å². The number of fused-ring (bicyclic) bond motifs is 5. The average molecular weight is 613 g/mol. The number of amides is 1. The minimum Gasteiger partial charge on any atom is -0.497 e. The standard InChI is InChI=1S/C38H32N2O6/c1-43-28-20-18-26(19-21-28)39-33(31(36(39)41)25-12-5-3-6-13-25)35-38(37(42)44-2)23-45-30-22-17-24-11-9-10-16-29(24)32(30)34(38)40(46-35)27-14-7-4-8-15-27/h3-22,31,33-35H,23H2,1-2H3/t31-,33+,34-,35-,38-/m0/s1. The number of methoxy groups -OCH3 is 2. The lowest BCUT2D eigenvalue weighted by atomic mass is 9.64. The van der Waals surface area contributed by atoms with Gasteiger partial charge in [0.15, 0.2) is 5.41 Å². The molecule has 3 aliphatic heterocycles. The Hall–Kier alpha value is -5.34. The second kappa shape index (κ2) is 10.9. The van der Waals surface area contributed by atoms with E-state index in [2.05, 4.69) is 0 Å². The van der Waals surface area contributed by atoms with Gasteiger partial charge in [-0.05, 0) is 58.8 Å². The number of nitrogens with zero attached hydrogens (tertiary/aromatic N) is 2. The van der Waals surface area contributed by atoms with Crippen LogP contribution < -0.4 is 19.4 Å². The molecule has 1 amide bonds. The van der Waals surface area contributed by atoms with E-state index in [1.165, 1.54) is 7.11 Å². The predicted molar refractivity (Wildman–Crippen MR) is 174 cm³/mol. The molecule has 5 aromatic rings. The first-order chi connectivity index (χ1) is 22.6. The van der Waals surface area contributed by atoms with Crippen molar-refractivity contribution in [2.24, 2.45) is 5.41 Å². The average Bonchev–Trinajstić information content (AvgIpc) is 3.47. The van der Waals surface area contributed by atoms with Crippen molar-refractivity contribution in [1.29, 1.82) is 0 Å². The zero-order valence-corrected chi connectivity index (χ0v) is 25.4. The lowest BCUT2D eigenvalue weighted by molar-refractivity contribution is -0.164. The van der Waals surface area contributed by atoms with Gasteiger partial charge in [0.25, 0.3) is 0 Å². The van der Waals surface area contributed by atoms with Gasteiger partial charge in [0.2, 0.25) is 5.91 Å². The molecule has 0 aromatic heterocycles. The van der Waals surface area contributed by atoms with Crippen molar-refractivity contribution in [2.75, 3.05) is 30.8 Å². The van der Waals surface area contributed by atoms with Crippen molar-refractivity contribution in [1.82, 2.24) is 0 Å². The lowest BCUT2D eigenvalue weighted by Gasteiger charge is -2.52. The van der Waals surface area contributed by atoms with Gasteiger partial charge in [-0.25, -0.2) is 5.06 Å². The van der Waals surface area contributed by atoms with Gasteiger partial charge in [0.05, 0.1) is 31.9 Å². The topological polar surface area (TPSA) is 77.5 Å². The fourth-order valence-corrected chi connectivity index (χ4v) is 7.55. The van der Waals surface area contributed by atoms with E-state index in [1.807, 2.05) is 126 Å². The van der Waals surface area contributed by atoms with E-state index in [0.29, 0.717) is 17.2 Å². The van der Waals surface area contributed by atoms with Crippen molar-refractivity contribution in [3.05, 3.63) is 132 Å². The zero-order chi connectivity index (χ0) is 31.4. The molecule has 3 heterocycles. The van der Waals surface area contributed by atoms with Crippen molar-refractivity contribution in [3.63, 3.8) is 0 Å². The highest BCUT2D eigenvalue weighted by molar-refractivity contribution is 6.07. The van der Waals surface area contributed by atoms with E-state index in [4.69, 9.17) is 19.0 Å². The molecule has 3 aliphatic rings. The monoisotopic (exact) mass is 612 g/mol. The van der Waals surface area contributed by atoms with E-state index in [-0.39, 0.29) is 12.5 Å². The summed E-state index contributed by atoms with van der Waals surface area (Å²) in [5.74, 6) is 0.253. The Kier molecular flexibility index (Phi) is 6.69.